The Bertz CT molecular complexity index is 703. The van der Waals surface area contributed by atoms with E-state index in [1.54, 1.807) is 18.2 Å². The molecule has 1 aliphatic heterocycles. The van der Waals surface area contributed by atoms with Gasteiger partial charge in [0, 0.05) is 18.0 Å². The van der Waals surface area contributed by atoms with Crippen LogP contribution < -0.4 is 10.1 Å². The van der Waals surface area contributed by atoms with Crippen LogP contribution in [0.25, 0.3) is 0 Å². The SMILES string of the molecule is O=C(NC[C@@H]1COc2ccccc2C1)c1ccc(Cl)c(Cl)c1. The van der Waals surface area contributed by atoms with E-state index in [4.69, 9.17) is 27.9 Å². The van der Waals surface area contributed by atoms with Crippen molar-refractivity contribution < 1.29 is 9.53 Å². The van der Waals surface area contributed by atoms with Gasteiger partial charge in [-0.1, -0.05) is 41.4 Å². The van der Waals surface area contributed by atoms with Crippen LogP contribution in [0, 0.1) is 5.92 Å². The number of amides is 1. The average molecular weight is 336 g/mol. The number of hydrogen-bond acceptors (Lipinski definition) is 2. The number of para-hydroxylation sites is 1. The lowest BCUT2D eigenvalue weighted by atomic mass is 9.96. The van der Waals surface area contributed by atoms with Crippen molar-refractivity contribution in [3.63, 3.8) is 0 Å². The summed E-state index contributed by atoms with van der Waals surface area (Å²) < 4.78 is 5.72. The molecule has 2 aromatic rings. The van der Waals surface area contributed by atoms with Crippen molar-refractivity contribution >= 4 is 29.1 Å². The van der Waals surface area contributed by atoms with Crippen molar-refractivity contribution in [3.05, 3.63) is 63.6 Å². The fraction of sp³-hybridized carbons (Fsp3) is 0.235. The van der Waals surface area contributed by atoms with E-state index in [1.165, 1.54) is 5.56 Å². The molecular formula is C17H15Cl2NO2. The van der Waals surface area contributed by atoms with Gasteiger partial charge in [0.05, 0.1) is 16.7 Å². The first-order valence-corrected chi connectivity index (χ1v) is 7.83. The van der Waals surface area contributed by atoms with Crippen LogP contribution in [0.15, 0.2) is 42.5 Å². The van der Waals surface area contributed by atoms with Crippen LogP contribution in [0.4, 0.5) is 0 Å². The first-order valence-electron chi connectivity index (χ1n) is 7.07. The number of benzene rings is 2. The second kappa shape index (κ2) is 6.59. The highest BCUT2D eigenvalue weighted by Gasteiger charge is 2.20. The molecule has 5 heteroatoms. The molecule has 3 nitrogen and oxygen atoms in total. The zero-order valence-electron chi connectivity index (χ0n) is 11.8. The van der Waals surface area contributed by atoms with Gasteiger partial charge >= 0.3 is 0 Å². The van der Waals surface area contributed by atoms with Gasteiger partial charge in [0.15, 0.2) is 0 Å². The van der Waals surface area contributed by atoms with E-state index < -0.39 is 0 Å². The summed E-state index contributed by atoms with van der Waals surface area (Å²) in [6.07, 6.45) is 0.901. The summed E-state index contributed by atoms with van der Waals surface area (Å²) in [5.41, 5.74) is 1.69. The quantitative estimate of drug-likeness (QED) is 0.921. The smallest absolute Gasteiger partial charge is 0.251 e. The molecule has 0 aromatic heterocycles. The summed E-state index contributed by atoms with van der Waals surface area (Å²) >= 11 is 11.8. The Kier molecular flexibility index (Phi) is 4.55. The molecule has 0 unspecified atom stereocenters. The van der Waals surface area contributed by atoms with Gasteiger partial charge in [0.2, 0.25) is 0 Å². The minimum Gasteiger partial charge on any atom is -0.493 e. The molecule has 1 aliphatic rings. The number of hydrogen-bond donors (Lipinski definition) is 1. The second-order valence-corrected chi connectivity index (χ2v) is 6.14. The number of halogens is 2. The Morgan fingerprint density at radius 3 is 2.82 bits per heavy atom. The highest BCUT2D eigenvalue weighted by molar-refractivity contribution is 6.42. The van der Waals surface area contributed by atoms with E-state index in [1.807, 2.05) is 18.2 Å². The van der Waals surface area contributed by atoms with Gasteiger partial charge in [-0.2, -0.15) is 0 Å². The van der Waals surface area contributed by atoms with Gasteiger partial charge in [-0.3, -0.25) is 4.79 Å². The van der Waals surface area contributed by atoms with Gasteiger partial charge in [-0.05, 0) is 36.2 Å². The number of ether oxygens (including phenoxy) is 1. The molecule has 0 saturated heterocycles. The Morgan fingerprint density at radius 1 is 1.18 bits per heavy atom. The van der Waals surface area contributed by atoms with Crippen molar-refractivity contribution in [3.8, 4) is 5.75 Å². The Morgan fingerprint density at radius 2 is 2.00 bits per heavy atom. The predicted molar refractivity (Wildman–Crippen MR) is 87.9 cm³/mol. The van der Waals surface area contributed by atoms with Gasteiger partial charge < -0.3 is 10.1 Å². The lowest BCUT2D eigenvalue weighted by Gasteiger charge is -2.25. The van der Waals surface area contributed by atoms with E-state index in [0.29, 0.717) is 28.8 Å². The number of fused-ring (bicyclic) bond motifs is 1. The molecule has 1 amide bonds. The molecule has 0 spiro atoms. The molecule has 1 N–H and O–H groups in total. The van der Waals surface area contributed by atoms with Crippen molar-refractivity contribution in [2.24, 2.45) is 5.92 Å². The number of nitrogens with one attached hydrogen (secondary N) is 1. The molecule has 22 heavy (non-hydrogen) atoms. The third kappa shape index (κ3) is 3.37. The van der Waals surface area contributed by atoms with E-state index in [9.17, 15) is 4.79 Å². The number of carbonyl (C=O) groups excluding carboxylic acids is 1. The first-order chi connectivity index (χ1) is 10.6. The largest absolute Gasteiger partial charge is 0.493 e. The molecular weight excluding hydrogens is 321 g/mol. The number of carbonyl (C=O) groups is 1. The average Bonchev–Trinajstić information content (AvgIpc) is 2.55. The van der Waals surface area contributed by atoms with Crippen LogP contribution in [-0.4, -0.2) is 19.1 Å². The minimum absolute atomic E-state index is 0.155. The van der Waals surface area contributed by atoms with Crippen LogP contribution >= 0.6 is 23.2 Å². The summed E-state index contributed by atoms with van der Waals surface area (Å²) in [5, 5.41) is 3.74. The topological polar surface area (TPSA) is 38.3 Å². The molecule has 0 fully saturated rings. The van der Waals surface area contributed by atoms with Crippen LogP contribution in [0.2, 0.25) is 10.0 Å². The molecule has 3 rings (SSSR count). The van der Waals surface area contributed by atoms with Crippen LogP contribution in [0.5, 0.6) is 5.75 Å². The van der Waals surface area contributed by atoms with E-state index in [2.05, 4.69) is 11.4 Å². The van der Waals surface area contributed by atoms with E-state index in [0.717, 1.165) is 12.2 Å². The Balaban J connectivity index is 1.59. The molecule has 1 heterocycles. The maximum Gasteiger partial charge on any atom is 0.251 e. The first kappa shape index (κ1) is 15.2. The Labute approximate surface area is 139 Å². The lowest BCUT2D eigenvalue weighted by molar-refractivity contribution is 0.0939. The van der Waals surface area contributed by atoms with Crippen molar-refractivity contribution in [2.75, 3.05) is 13.2 Å². The molecule has 0 saturated carbocycles. The van der Waals surface area contributed by atoms with Crippen molar-refractivity contribution in [2.45, 2.75) is 6.42 Å². The highest BCUT2D eigenvalue weighted by atomic mass is 35.5. The maximum absolute atomic E-state index is 12.1. The summed E-state index contributed by atoms with van der Waals surface area (Å²) in [6.45, 7) is 1.17. The number of rotatable bonds is 3. The van der Waals surface area contributed by atoms with E-state index in [-0.39, 0.29) is 11.8 Å². The molecule has 0 aliphatic carbocycles. The fourth-order valence-corrected chi connectivity index (χ4v) is 2.80. The summed E-state index contributed by atoms with van der Waals surface area (Å²) in [4.78, 5) is 12.1. The zero-order valence-corrected chi connectivity index (χ0v) is 13.3. The highest BCUT2D eigenvalue weighted by Crippen LogP contribution is 2.26. The molecule has 1 atom stereocenters. The predicted octanol–water partition coefficient (Wildman–Crippen LogP) is 3.97. The lowest BCUT2D eigenvalue weighted by Crippen LogP contribution is -2.34. The molecule has 114 valence electrons. The maximum atomic E-state index is 12.1. The fourth-order valence-electron chi connectivity index (χ4n) is 2.50. The van der Waals surface area contributed by atoms with E-state index >= 15 is 0 Å². The third-order valence-corrected chi connectivity index (χ3v) is 4.43. The van der Waals surface area contributed by atoms with Crippen LogP contribution in [0.1, 0.15) is 15.9 Å². The van der Waals surface area contributed by atoms with Crippen LogP contribution in [-0.2, 0) is 6.42 Å². The van der Waals surface area contributed by atoms with Gasteiger partial charge in [0.1, 0.15) is 5.75 Å². The van der Waals surface area contributed by atoms with Crippen molar-refractivity contribution in [1.82, 2.24) is 5.32 Å². The second-order valence-electron chi connectivity index (χ2n) is 5.33. The summed E-state index contributed by atoms with van der Waals surface area (Å²) in [7, 11) is 0. The van der Waals surface area contributed by atoms with Crippen LogP contribution in [0.3, 0.4) is 0 Å². The zero-order chi connectivity index (χ0) is 15.5. The molecule has 0 bridgehead atoms. The molecule has 2 aromatic carbocycles. The summed E-state index contributed by atoms with van der Waals surface area (Å²) in [6, 6.07) is 12.9. The van der Waals surface area contributed by atoms with Gasteiger partial charge in [-0.25, -0.2) is 0 Å². The van der Waals surface area contributed by atoms with Gasteiger partial charge in [0.25, 0.3) is 5.91 Å². The monoisotopic (exact) mass is 335 g/mol. The summed E-state index contributed by atoms with van der Waals surface area (Å²) in [5.74, 6) is 1.05. The normalized spacial score (nSPS) is 16.5. The minimum atomic E-state index is -0.155. The molecule has 0 radical (unpaired) electrons. The third-order valence-electron chi connectivity index (χ3n) is 3.69. The van der Waals surface area contributed by atoms with Gasteiger partial charge in [-0.15, -0.1) is 0 Å². The van der Waals surface area contributed by atoms with Crippen molar-refractivity contribution in [1.29, 1.82) is 0 Å². The standard InChI is InChI=1S/C17H15Cl2NO2/c18-14-6-5-13(8-15(14)19)17(21)20-9-11-7-12-3-1-2-4-16(12)22-10-11/h1-6,8,11H,7,9-10H2,(H,20,21)/t11-/m1/s1. The Hall–Kier alpha value is -1.71.